The van der Waals surface area contributed by atoms with Crippen LogP contribution in [0.1, 0.15) is 11.4 Å². The molecule has 9 nitrogen and oxygen atoms in total. The first kappa shape index (κ1) is 21.2. The molecule has 1 heterocycles. The quantitative estimate of drug-likeness (QED) is 0.464. The number of ether oxygens (including phenoxy) is 1. The number of benzene rings is 1. The zero-order chi connectivity index (χ0) is 20.0. The number of aryl methyl sites for hydroxylation is 2. The maximum atomic E-state index is 12.6. The molecule has 27 heavy (non-hydrogen) atoms. The summed E-state index contributed by atoms with van der Waals surface area (Å²) in [5.41, 5.74) is 0.704. The van der Waals surface area contributed by atoms with Crippen LogP contribution in [0.25, 0.3) is 0 Å². The standard InChI is InChI=1S/C16H23N5O4S2/c1-11-9-13(5-6-14(11)25-4)27(23,24)21(3)10-15(22)17-7-8-26-16-18-12(2)19-20-16/h5-6,9H,7-8,10H2,1-4H3,(H,17,22)(H,18,19,20). The fraction of sp³-hybridized carbons (Fsp3) is 0.438. The van der Waals surface area contributed by atoms with Crippen molar-refractivity contribution in [1.82, 2.24) is 24.8 Å². The molecule has 0 fully saturated rings. The SMILES string of the molecule is COc1ccc(S(=O)(=O)N(C)CC(=O)NCCSc2n[nH]c(C)n2)cc1C. The molecule has 1 aromatic heterocycles. The number of nitrogens with one attached hydrogen (secondary N) is 2. The van der Waals surface area contributed by atoms with Crippen LogP contribution in [-0.2, 0) is 14.8 Å². The molecule has 0 saturated heterocycles. The van der Waals surface area contributed by atoms with Crippen LogP contribution >= 0.6 is 11.8 Å². The van der Waals surface area contributed by atoms with Gasteiger partial charge in [0, 0.05) is 19.3 Å². The fourth-order valence-electron chi connectivity index (χ4n) is 2.25. The molecular weight excluding hydrogens is 390 g/mol. The number of carbonyl (C=O) groups excluding carboxylic acids is 1. The van der Waals surface area contributed by atoms with Gasteiger partial charge in [-0.25, -0.2) is 13.4 Å². The number of amides is 1. The average molecular weight is 414 g/mol. The lowest BCUT2D eigenvalue weighted by atomic mass is 10.2. The molecule has 0 aliphatic heterocycles. The zero-order valence-corrected chi connectivity index (χ0v) is 17.3. The zero-order valence-electron chi connectivity index (χ0n) is 15.6. The van der Waals surface area contributed by atoms with Crippen molar-refractivity contribution in [3.8, 4) is 5.75 Å². The second kappa shape index (κ2) is 9.20. The normalized spacial score (nSPS) is 11.6. The number of carbonyl (C=O) groups is 1. The Morgan fingerprint density at radius 2 is 2.11 bits per heavy atom. The molecule has 2 rings (SSSR count). The Kier molecular flexibility index (Phi) is 7.22. The molecule has 11 heteroatoms. The van der Waals surface area contributed by atoms with Gasteiger partial charge in [-0.05, 0) is 37.6 Å². The maximum Gasteiger partial charge on any atom is 0.243 e. The van der Waals surface area contributed by atoms with Gasteiger partial charge >= 0.3 is 0 Å². The van der Waals surface area contributed by atoms with E-state index < -0.39 is 10.0 Å². The number of methoxy groups -OCH3 is 1. The molecule has 0 aliphatic rings. The molecule has 0 saturated carbocycles. The molecule has 0 spiro atoms. The van der Waals surface area contributed by atoms with Crippen molar-refractivity contribution in [1.29, 1.82) is 0 Å². The third kappa shape index (κ3) is 5.68. The molecule has 0 radical (unpaired) electrons. The first-order chi connectivity index (χ1) is 12.7. The summed E-state index contributed by atoms with van der Waals surface area (Å²) in [6.07, 6.45) is 0. The van der Waals surface area contributed by atoms with Gasteiger partial charge < -0.3 is 10.1 Å². The Morgan fingerprint density at radius 1 is 1.37 bits per heavy atom. The average Bonchev–Trinajstić information content (AvgIpc) is 3.03. The van der Waals surface area contributed by atoms with Crippen molar-refractivity contribution >= 4 is 27.7 Å². The number of nitrogens with zero attached hydrogens (tertiary/aromatic N) is 3. The Hall–Kier alpha value is -2.11. The Labute approximate surface area is 162 Å². The van der Waals surface area contributed by atoms with Crippen molar-refractivity contribution in [2.75, 3.05) is 33.0 Å². The van der Waals surface area contributed by atoms with Crippen molar-refractivity contribution in [3.63, 3.8) is 0 Å². The summed E-state index contributed by atoms with van der Waals surface area (Å²) in [5, 5.41) is 10.0. The molecule has 0 unspecified atom stereocenters. The predicted molar refractivity (Wildman–Crippen MR) is 102 cm³/mol. The summed E-state index contributed by atoms with van der Waals surface area (Å²) in [6.45, 7) is 3.68. The van der Waals surface area contributed by atoms with E-state index in [0.29, 0.717) is 28.8 Å². The second-order valence-electron chi connectivity index (χ2n) is 5.79. The van der Waals surface area contributed by atoms with E-state index in [9.17, 15) is 13.2 Å². The number of H-pyrrole nitrogens is 1. The highest BCUT2D eigenvalue weighted by molar-refractivity contribution is 7.99. The summed E-state index contributed by atoms with van der Waals surface area (Å²) in [4.78, 5) is 16.3. The van der Waals surface area contributed by atoms with E-state index in [1.807, 2.05) is 0 Å². The monoisotopic (exact) mass is 413 g/mol. The molecular formula is C16H23N5O4S2. The minimum absolute atomic E-state index is 0.117. The number of rotatable bonds is 9. The molecule has 0 bridgehead atoms. The van der Waals surface area contributed by atoms with E-state index >= 15 is 0 Å². The predicted octanol–water partition coefficient (Wildman–Crippen LogP) is 0.959. The van der Waals surface area contributed by atoms with E-state index in [0.717, 1.165) is 10.1 Å². The van der Waals surface area contributed by atoms with Gasteiger partial charge in [-0.1, -0.05) is 11.8 Å². The highest BCUT2D eigenvalue weighted by Crippen LogP contribution is 2.23. The molecule has 2 aromatic rings. The van der Waals surface area contributed by atoms with Crippen LogP contribution in [0.5, 0.6) is 5.75 Å². The van der Waals surface area contributed by atoms with Gasteiger partial charge in [-0.15, -0.1) is 5.10 Å². The number of thioether (sulfide) groups is 1. The molecule has 1 aromatic carbocycles. The van der Waals surface area contributed by atoms with Gasteiger partial charge in [0.05, 0.1) is 18.6 Å². The van der Waals surface area contributed by atoms with Crippen LogP contribution < -0.4 is 10.1 Å². The Morgan fingerprint density at radius 3 is 2.70 bits per heavy atom. The lowest BCUT2D eigenvalue weighted by Gasteiger charge is -2.17. The maximum absolute atomic E-state index is 12.6. The third-order valence-corrected chi connectivity index (χ3v) is 6.32. The van der Waals surface area contributed by atoms with Gasteiger partial charge in [0.2, 0.25) is 21.1 Å². The number of hydrogen-bond donors (Lipinski definition) is 2. The van der Waals surface area contributed by atoms with Crippen LogP contribution in [-0.4, -0.2) is 66.8 Å². The minimum Gasteiger partial charge on any atom is -0.496 e. The number of sulfonamides is 1. The highest BCUT2D eigenvalue weighted by Gasteiger charge is 2.23. The number of hydrogen-bond acceptors (Lipinski definition) is 7. The van der Waals surface area contributed by atoms with Crippen molar-refractivity contribution in [2.24, 2.45) is 0 Å². The van der Waals surface area contributed by atoms with Crippen LogP contribution in [0, 0.1) is 13.8 Å². The Bertz CT molecular complexity index is 898. The Balaban J connectivity index is 1.86. The van der Waals surface area contributed by atoms with E-state index in [4.69, 9.17) is 4.74 Å². The fourth-order valence-corrected chi connectivity index (χ4v) is 4.17. The first-order valence-electron chi connectivity index (χ1n) is 8.13. The summed E-state index contributed by atoms with van der Waals surface area (Å²) < 4.78 is 31.4. The summed E-state index contributed by atoms with van der Waals surface area (Å²) in [5.74, 6) is 1.53. The van der Waals surface area contributed by atoms with Crippen LogP contribution in [0.15, 0.2) is 28.3 Å². The highest BCUT2D eigenvalue weighted by atomic mass is 32.2. The lowest BCUT2D eigenvalue weighted by molar-refractivity contribution is -0.121. The summed E-state index contributed by atoms with van der Waals surface area (Å²) in [6, 6.07) is 4.58. The summed E-state index contributed by atoms with van der Waals surface area (Å²) >= 11 is 1.40. The van der Waals surface area contributed by atoms with Gasteiger partial charge in [0.1, 0.15) is 11.6 Å². The molecule has 1 amide bonds. The van der Waals surface area contributed by atoms with E-state index in [1.165, 1.54) is 38.1 Å². The first-order valence-corrected chi connectivity index (χ1v) is 10.6. The topological polar surface area (TPSA) is 117 Å². The smallest absolute Gasteiger partial charge is 0.243 e. The largest absolute Gasteiger partial charge is 0.496 e. The van der Waals surface area contributed by atoms with Gasteiger partial charge in [-0.2, -0.15) is 4.31 Å². The van der Waals surface area contributed by atoms with Crippen molar-refractivity contribution in [2.45, 2.75) is 23.9 Å². The molecule has 0 atom stereocenters. The third-order valence-electron chi connectivity index (χ3n) is 3.67. The summed E-state index contributed by atoms with van der Waals surface area (Å²) in [7, 11) is -0.868. The molecule has 0 aliphatic carbocycles. The lowest BCUT2D eigenvalue weighted by Crippen LogP contribution is -2.39. The number of likely N-dealkylation sites (N-methyl/N-ethyl adjacent to an activating group) is 1. The van der Waals surface area contributed by atoms with Crippen LogP contribution in [0.4, 0.5) is 0 Å². The molecule has 148 valence electrons. The van der Waals surface area contributed by atoms with Crippen LogP contribution in [0.3, 0.4) is 0 Å². The van der Waals surface area contributed by atoms with Crippen molar-refractivity contribution < 1.29 is 17.9 Å². The van der Waals surface area contributed by atoms with E-state index in [2.05, 4.69) is 20.5 Å². The van der Waals surface area contributed by atoms with Crippen molar-refractivity contribution in [3.05, 3.63) is 29.6 Å². The molecule has 2 N–H and O–H groups in total. The number of aromatic amines is 1. The van der Waals surface area contributed by atoms with E-state index in [-0.39, 0.29) is 17.3 Å². The van der Waals surface area contributed by atoms with Gasteiger partial charge in [0.25, 0.3) is 0 Å². The van der Waals surface area contributed by atoms with E-state index in [1.54, 1.807) is 19.9 Å². The van der Waals surface area contributed by atoms with Gasteiger partial charge in [0.15, 0.2) is 0 Å². The van der Waals surface area contributed by atoms with Crippen LogP contribution in [0.2, 0.25) is 0 Å². The second-order valence-corrected chi connectivity index (χ2v) is 8.90. The number of aromatic nitrogens is 3. The van der Waals surface area contributed by atoms with Gasteiger partial charge in [-0.3, -0.25) is 9.89 Å². The minimum atomic E-state index is -3.76.